The van der Waals surface area contributed by atoms with Gasteiger partial charge in [-0.15, -0.1) is 0 Å². The molecule has 1 saturated heterocycles. The molecule has 2 heterocycles. The summed E-state index contributed by atoms with van der Waals surface area (Å²) in [6, 6.07) is -0.373. The molecule has 1 atom stereocenters. The molecular formula is C12H22N8O. The van der Waals surface area contributed by atoms with Gasteiger partial charge in [-0.1, -0.05) is 0 Å². The zero-order chi connectivity index (χ0) is 15.4. The van der Waals surface area contributed by atoms with Crippen LogP contribution >= 0.6 is 0 Å². The van der Waals surface area contributed by atoms with Crippen LogP contribution in [0.15, 0.2) is 0 Å². The molecule has 0 radical (unpaired) electrons. The monoisotopic (exact) mass is 294 g/mol. The Hall–Kier alpha value is -2.16. The molecular weight excluding hydrogens is 272 g/mol. The van der Waals surface area contributed by atoms with E-state index in [2.05, 4.69) is 20.4 Å². The number of hydrazine groups is 1. The smallest absolute Gasteiger partial charge is 0.243 e. The molecule has 0 spiro atoms. The molecule has 0 aromatic carbocycles. The number of amides is 1. The van der Waals surface area contributed by atoms with Gasteiger partial charge in [-0.05, 0) is 26.7 Å². The number of nitrogen functional groups attached to an aromatic ring is 1. The van der Waals surface area contributed by atoms with E-state index in [9.17, 15) is 4.79 Å². The third-order valence-corrected chi connectivity index (χ3v) is 3.63. The molecule has 9 heteroatoms. The van der Waals surface area contributed by atoms with E-state index in [1.807, 2.05) is 23.6 Å². The molecule has 116 valence electrons. The van der Waals surface area contributed by atoms with Gasteiger partial charge in [-0.25, -0.2) is 5.84 Å². The zero-order valence-corrected chi connectivity index (χ0v) is 12.4. The van der Waals surface area contributed by atoms with Crippen LogP contribution in [0.4, 0.5) is 17.8 Å². The maximum Gasteiger partial charge on any atom is 0.243 e. The lowest BCUT2D eigenvalue weighted by molar-refractivity contribution is -0.119. The number of anilines is 3. The van der Waals surface area contributed by atoms with Crippen LogP contribution in [0.25, 0.3) is 0 Å². The molecule has 5 N–H and O–H groups in total. The van der Waals surface area contributed by atoms with Crippen molar-refractivity contribution >= 4 is 23.8 Å². The third kappa shape index (κ3) is 3.13. The number of nitrogens with zero attached hydrogens (tertiary/aromatic N) is 5. The van der Waals surface area contributed by atoms with Crippen molar-refractivity contribution < 1.29 is 4.79 Å². The van der Waals surface area contributed by atoms with Crippen LogP contribution < -0.4 is 26.8 Å². The SMILES string of the molecule is CCN(CC)c1nc(NN)nc(N2CCCC2C(N)=O)n1. The first-order valence-electron chi connectivity index (χ1n) is 7.14. The summed E-state index contributed by atoms with van der Waals surface area (Å²) in [5.74, 6) is 6.31. The summed E-state index contributed by atoms with van der Waals surface area (Å²) in [5.41, 5.74) is 7.89. The minimum Gasteiger partial charge on any atom is -0.368 e. The van der Waals surface area contributed by atoms with Crippen molar-refractivity contribution in [1.82, 2.24) is 15.0 Å². The maximum atomic E-state index is 11.5. The topological polar surface area (TPSA) is 126 Å². The molecule has 1 aromatic rings. The Morgan fingerprint density at radius 3 is 2.67 bits per heavy atom. The number of aromatic nitrogens is 3. The van der Waals surface area contributed by atoms with Gasteiger partial charge in [0.25, 0.3) is 0 Å². The highest BCUT2D eigenvalue weighted by atomic mass is 16.1. The van der Waals surface area contributed by atoms with Crippen molar-refractivity contribution in [3.05, 3.63) is 0 Å². The summed E-state index contributed by atoms with van der Waals surface area (Å²) in [4.78, 5) is 28.3. The minimum atomic E-state index is -0.373. The fourth-order valence-corrected chi connectivity index (χ4v) is 2.50. The van der Waals surface area contributed by atoms with Crippen LogP contribution in [-0.2, 0) is 4.79 Å². The molecule has 1 unspecified atom stereocenters. The van der Waals surface area contributed by atoms with E-state index in [-0.39, 0.29) is 17.9 Å². The van der Waals surface area contributed by atoms with Gasteiger partial charge in [-0.3, -0.25) is 10.2 Å². The van der Waals surface area contributed by atoms with Crippen molar-refractivity contribution in [3.63, 3.8) is 0 Å². The van der Waals surface area contributed by atoms with Gasteiger partial charge >= 0.3 is 0 Å². The second-order valence-corrected chi connectivity index (χ2v) is 4.83. The van der Waals surface area contributed by atoms with Crippen molar-refractivity contribution in [2.24, 2.45) is 11.6 Å². The second kappa shape index (κ2) is 6.53. The highest BCUT2D eigenvalue weighted by Gasteiger charge is 2.31. The van der Waals surface area contributed by atoms with E-state index in [0.717, 1.165) is 19.5 Å². The molecule has 0 saturated carbocycles. The zero-order valence-electron chi connectivity index (χ0n) is 12.4. The highest BCUT2D eigenvalue weighted by Crippen LogP contribution is 2.24. The highest BCUT2D eigenvalue weighted by molar-refractivity contribution is 5.83. The first-order valence-corrected chi connectivity index (χ1v) is 7.14. The average molecular weight is 294 g/mol. The first kappa shape index (κ1) is 15.2. The summed E-state index contributed by atoms with van der Waals surface area (Å²) in [6.07, 6.45) is 1.60. The Morgan fingerprint density at radius 2 is 2.10 bits per heavy atom. The van der Waals surface area contributed by atoms with Crippen LogP contribution in [0, 0.1) is 0 Å². The van der Waals surface area contributed by atoms with Crippen LogP contribution in [0.1, 0.15) is 26.7 Å². The summed E-state index contributed by atoms with van der Waals surface area (Å²) < 4.78 is 0. The molecule has 0 bridgehead atoms. The Kier molecular flexibility index (Phi) is 4.73. The number of nitrogens with one attached hydrogen (secondary N) is 1. The van der Waals surface area contributed by atoms with E-state index in [0.29, 0.717) is 24.9 Å². The quantitative estimate of drug-likeness (QED) is 0.471. The predicted molar refractivity (Wildman–Crippen MR) is 80.8 cm³/mol. The minimum absolute atomic E-state index is 0.275. The van der Waals surface area contributed by atoms with Crippen molar-refractivity contribution in [1.29, 1.82) is 0 Å². The number of nitrogens with two attached hydrogens (primary N) is 2. The Labute approximate surface area is 123 Å². The van der Waals surface area contributed by atoms with E-state index in [4.69, 9.17) is 11.6 Å². The predicted octanol–water partition coefficient (Wildman–Crippen LogP) is -0.542. The molecule has 1 amide bonds. The van der Waals surface area contributed by atoms with Crippen LogP contribution in [0.5, 0.6) is 0 Å². The van der Waals surface area contributed by atoms with Gasteiger partial charge in [0.05, 0.1) is 0 Å². The van der Waals surface area contributed by atoms with E-state index < -0.39 is 0 Å². The first-order chi connectivity index (χ1) is 10.1. The summed E-state index contributed by atoms with van der Waals surface area (Å²) in [7, 11) is 0. The van der Waals surface area contributed by atoms with Crippen LogP contribution in [0.2, 0.25) is 0 Å². The molecule has 1 aromatic heterocycles. The van der Waals surface area contributed by atoms with Gasteiger partial charge < -0.3 is 15.5 Å². The van der Waals surface area contributed by atoms with Gasteiger partial charge in [0.2, 0.25) is 23.8 Å². The maximum absolute atomic E-state index is 11.5. The fraction of sp³-hybridized carbons (Fsp3) is 0.667. The lowest BCUT2D eigenvalue weighted by Gasteiger charge is -2.25. The number of rotatable bonds is 6. The fourth-order valence-electron chi connectivity index (χ4n) is 2.50. The van der Waals surface area contributed by atoms with E-state index in [1.54, 1.807) is 0 Å². The molecule has 1 aliphatic heterocycles. The van der Waals surface area contributed by atoms with Crippen LogP contribution in [-0.4, -0.2) is 46.5 Å². The lowest BCUT2D eigenvalue weighted by atomic mass is 10.2. The molecule has 1 aliphatic rings. The normalized spacial score (nSPS) is 17.9. The van der Waals surface area contributed by atoms with Crippen molar-refractivity contribution in [2.75, 3.05) is 34.9 Å². The van der Waals surface area contributed by atoms with Crippen molar-refractivity contribution in [2.45, 2.75) is 32.7 Å². The molecule has 1 fully saturated rings. The molecule has 2 rings (SSSR count). The van der Waals surface area contributed by atoms with E-state index in [1.165, 1.54) is 0 Å². The molecule has 0 aliphatic carbocycles. The number of hydrogen-bond acceptors (Lipinski definition) is 8. The number of carbonyl (C=O) groups is 1. The van der Waals surface area contributed by atoms with Crippen molar-refractivity contribution in [3.8, 4) is 0 Å². The number of primary amides is 1. The second-order valence-electron chi connectivity index (χ2n) is 4.83. The molecule has 9 nitrogen and oxygen atoms in total. The largest absolute Gasteiger partial charge is 0.368 e. The van der Waals surface area contributed by atoms with E-state index >= 15 is 0 Å². The van der Waals surface area contributed by atoms with Gasteiger partial charge in [0, 0.05) is 19.6 Å². The van der Waals surface area contributed by atoms with Crippen LogP contribution in [0.3, 0.4) is 0 Å². The summed E-state index contributed by atoms with van der Waals surface area (Å²) in [6.45, 7) is 6.26. The Balaban J connectivity index is 2.38. The Bertz CT molecular complexity index is 504. The number of carbonyl (C=O) groups excluding carboxylic acids is 1. The van der Waals surface area contributed by atoms with Gasteiger partial charge in [0.15, 0.2) is 0 Å². The standard InChI is InChI=1S/C12H22N8O/c1-3-19(4-2)11-15-10(18-14)16-12(17-11)20-7-5-6-8(20)9(13)21/h8H,3-7,14H2,1-2H3,(H2,13,21)(H,15,16,17,18). The lowest BCUT2D eigenvalue weighted by Crippen LogP contribution is -2.41. The average Bonchev–Trinajstić information content (AvgIpc) is 2.98. The summed E-state index contributed by atoms with van der Waals surface area (Å²) >= 11 is 0. The molecule has 21 heavy (non-hydrogen) atoms. The van der Waals surface area contributed by atoms with Gasteiger partial charge in [0.1, 0.15) is 6.04 Å². The third-order valence-electron chi connectivity index (χ3n) is 3.63. The number of hydrogen-bond donors (Lipinski definition) is 3. The van der Waals surface area contributed by atoms with Gasteiger partial charge in [-0.2, -0.15) is 15.0 Å². The Morgan fingerprint density at radius 1 is 1.38 bits per heavy atom. The summed E-state index contributed by atoms with van der Waals surface area (Å²) in [5, 5.41) is 0.